The first-order valence-corrected chi connectivity index (χ1v) is 8.03. The number of carbonyl (C=O) groups excluding carboxylic acids is 2. The van der Waals surface area contributed by atoms with Gasteiger partial charge in [-0.05, 0) is 49.6 Å². The molecule has 23 heavy (non-hydrogen) atoms. The third-order valence-electron chi connectivity index (χ3n) is 4.12. The van der Waals surface area contributed by atoms with Crippen molar-refractivity contribution in [2.24, 2.45) is 0 Å². The zero-order valence-corrected chi connectivity index (χ0v) is 13.1. The van der Waals surface area contributed by atoms with Gasteiger partial charge >= 0.3 is 0 Å². The van der Waals surface area contributed by atoms with Gasteiger partial charge in [0, 0.05) is 36.7 Å². The molecule has 2 heterocycles. The Morgan fingerprint density at radius 2 is 1.74 bits per heavy atom. The molecule has 1 N–H and O–H groups in total. The lowest BCUT2D eigenvalue weighted by Crippen LogP contribution is -2.42. The highest BCUT2D eigenvalue weighted by atomic mass is 16.2. The first-order valence-electron chi connectivity index (χ1n) is 8.03. The second kappa shape index (κ2) is 7.13. The smallest absolute Gasteiger partial charge is 0.251 e. The van der Waals surface area contributed by atoms with E-state index < -0.39 is 0 Å². The van der Waals surface area contributed by atoms with Crippen molar-refractivity contribution in [3.63, 3.8) is 0 Å². The maximum absolute atomic E-state index is 12.3. The quantitative estimate of drug-likeness (QED) is 0.941. The summed E-state index contributed by atoms with van der Waals surface area (Å²) in [5, 5.41) is 2.73. The number of aromatic nitrogens is 1. The van der Waals surface area contributed by atoms with E-state index in [0.717, 1.165) is 31.6 Å². The number of likely N-dealkylation sites (tertiary alicyclic amines) is 1. The van der Waals surface area contributed by atoms with Crippen LogP contribution in [0.4, 0.5) is 0 Å². The van der Waals surface area contributed by atoms with Crippen LogP contribution in [0.25, 0.3) is 5.69 Å². The minimum absolute atomic E-state index is 0.000357. The van der Waals surface area contributed by atoms with E-state index in [-0.39, 0.29) is 18.4 Å². The van der Waals surface area contributed by atoms with Gasteiger partial charge in [0.25, 0.3) is 5.91 Å². The van der Waals surface area contributed by atoms with Gasteiger partial charge in [0.15, 0.2) is 0 Å². The monoisotopic (exact) mass is 311 g/mol. The fourth-order valence-corrected chi connectivity index (χ4v) is 2.83. The largest absolute Gasteiger partial charge is 0.343 e. The van der Waals surface area contributed by atoms with E-state index >= 15 is 0 Å². The Bertz CT molecular complexity index is 673. The molecule has 1 aliphatic heterocycles. The Balaban J connectivity index is 1.60. The molecule has 120 valence electrons. The normalized spacial score (nSPS) is 14.5. The van der Waals surface area contributed by atoms with Crippen molar-refractivity contribution in [1.82, 2.24) is 14.8 Å². The SMILES string of the molecule is O=C(NCC(=O)N1CCCCC1)c1cccc(-n2cccc2)c1. The molecular formula is C18H21N3O2. The summed E-state index contributed by atoms with van der Waals surface area (Å²) in [6.45, 7) is 1.67. The van der Waals surface area contributed by atoms with Gasteiger partial charge < -0.3 is 14.8 Å². The van der Waals surface area contributed by atoms with Crippen LogP contribution in [0.1, 0.15) is 29.6 Å². The lowest BCUT2D eigenvalue weighted by molar-refractivity contribution is -0.130. The molecule has 1 aliphatic rings. The number of carbonyl (C=O) groups is 2. The Morgan fingerprint density at radius 1 is 1.00 bits per heavy atom. The maximum atomic E-state index is 12.3. The number of nitrogens with zero attached hydrogens (tertiary/aromatic N) is 2. The van der Waals surface area contributed by atoms with Crippen molar-refractivity contribution in [2.45, 2.75) is 19.3 Å². The van der Waals surface area contributed by atoms with Gasteiger partial charge in [-0.2, -0.15) is 0 Å². The number of rotatable bonds is 4. The van der Waals surface area contributed by atoms with Crippen LogP contribution in [0.2, 0.25) is 0 Å². The van der Waals surface area contributed by atoms with Gasteiger partial charge in [0.05, 0.1) is 6.54 Å². The first kappa shape index (κ1) is 15.3. The molecule has 0 bridgehead atoms. The molecule has 5 nitrogen and oxygen atoms in total. The van der Waals surface area contributed by atoms with Crippen LogP contribution in [0.5, 0.6) is 0 Å². The van der Waals surface area contributed by atoms with E-state index in [1.54, 1.807) is 6.07 Å². The zero-order valence-electron chi connectivity index (χ0n) is 13.1. The summed E-state index contributed by atoms with van der Waals surface area (Å²) in [6, 6.07) is 11.2. The summed E-state index contributed by atoms with van der Waals surface area (Å²) in [5.74, 6) is -0.219. The standard InChI is InChI=1S/C18H21N3O2/c22-17(21-11-2-1-3-12-21)14-19-18(23)15-7-6-8-16(13-15)20-9-4-5-10-20/h4-10,13H,1-3,11-12,14H2,(H,19,23). The van der Waals surface area contributed by atoms with Gasteiger partial charge in [-0.25, -0.2) is 0 Å². The van der Waals surface area contributed by atoms with Gasteiger partial charge in [-0.3, -0.25) is 9.59 Å². The predicted molar refractivity (Wildman–Crippen MR) is 88.5 cm³/mol. The molecule has 2 aromatic rings. The average Bonchev–Trinajstić information content (AvgIpc) is 3.15. The number of amides is 2. The van der Waals surface area contributed by atoms with Crippen molar-refractivity contribution in [2.75, 3.05) is 19.6 Å². The molecule has 1 fully saturated rings. The summed E-state index contributed by atoms with van der Waals surface area (Å²) in [4.78, 5) is 26.2. The van der Waals surface area contributed by atoms with Crippen LogP contribution >= 0.6 is 0 Å². The van der Waals surface area contributed by atoms with Crippen molar-refractivity contribution in [3.8, 4) is 5.69 Å². The zero-order chi connectivity index (χ0) is 16.1. The Labute approximate surface area is 135 Å². The molecule has 5 heteroatoms. The molecule has 0 unspecified atom stereocenters. The third-order valence-corrected chi connectivity index (χ3v) is 4.12. The highest BCUT2D eigenvalue weighted by Gasteiger charge is 2.17. The number of hydrogen-bond acceptors (Lipinski definition) is 2. The van der Waals surface area contributed by atoms with Gasteiger partial charge in [0.1, 0.15) is 0 Å². The molecule has 1 aromatic carbocycles. The van der Waals surface area contributed by atoms with Crippen LogP contribution in [-0.2, 0) is 4.79 Å². The molecule has 0 radical (unpaired) electrons. The summed E-state index contributed by atoms with van der Waals surface area (Å²) >= 11 is 0. The molecule has 0 spiro atoms. The highest BCUT2D eigenvalue weighted by molar-refractivity contribution is 5.96. The highest BCUT2D eigenvalue weighted by Crippen LogP contribution is 2.11. The van der Waals surface area contributed by atoms with E-state index in [1.165, 1.54) is 6.42 Å². The molecule has 0 atom stereocenters. The second-order valence-corrected chi connectivity index (χ2v) is 5.76. The summed E-state index contributed by atoms with van der Waals surface area (Å²) in [6.07, 6.45) is 7.15. The van der Waals surface area contributed by atoms with Crippen LogP contribution in [-0.4, -0.2) is 40.9 Å². The Morgan fingerprint density at radius 3 is 2.48 bits per heavy atom. The van der Waals surface area contributed by atoms with E-state index in [1.807, 2.05) is 52.2 Å². The van der Waals surface area contributed by atoms with Crippen molar-refractivity contribution in [1.29, 1.82) is 0 Å². The number of nitrogens with one attached hydrogen (secondary N) is 1. The molecule has 1 aromatic heterocycles. The number of hydrogen-bond donors (Lipinski definition) is 1. The molecular weight excluding hydrogens is 290 g/mol. The maximum Gasteiger partial charge on any atom is 0.251 e. The molecule has 0 saturated carbocycles. The number of benzene rings is 1. The van der Waals surface area contributed by atoms with E-state index in [2.05, 4.69) is 5.32 Å². The summed E-state index contributed by atoms with van der Waals surface area (Å²) in [5.41, 5.74) is 1.48. The molecule has 0 aliphatic carbocycles. The summed E-state index contributed by atoms with van der Waals surface area (Å²) < 4.78 is 1.94. The van der Waals surface area contributed by atoms with Crippen molar-refractivity contribution < 1.29 is 9.59 Å². The number of piperidine rings is 1. The third kappa shape index (κ3) is 3.80. The van der Waals surface area contributed by atoms with Crippen LogP contribution in [0, 0.1) is 0 Å². The van der Waals surface area contributed by atoms with Crippen LogP contribution < -0.4 is 5.32 Å². The lowest BCUT2D eigenvalue weighted by atomic mass is 10.1. The van der Waals surface area contributed by atoms with Gasteiger partial charge in [-0.1, -0.05) is 6.07 Å². The summed E-state index contributed by atoms with van der Waals surface area (Å²) in [7, 11) is 0. The van der Waals surface area contributed by atoms with E-state index in [4.69, 9.17) is 0 Å². The topological polar surface area (TPSA) is 54.3 Å². The fraction of sp³-hybridized carbons (Fsp3) is 0.333. The van der Waals surface area contributed by atoms with Crippen molar-refractivity contribution >= 4 is 11.8 Å². The van der Waals surface area contributed by atoms with Gasteiger partial charge in [-0.15, -0.1) is 0 Å². The second-order valence-electron chi connectivity index (χ2n) is 5.76. The molecule has 2 amide bonds. The average molecular weight is 311 g/mol. The van der Waals surface area contributed by atoms with E-state index in [0.29, 0.717) is 5.56 Å². The molecule has 3 rings (SSSR count). The minimum Gasteiger partial charge on any atom is -0.343 e. The van der Waals surface area contributed by atoms with Crippen LogP contribution in [0.3, 0.4) is 0 Å². The van der Waals surface area contributed by atoms with Crippen LogP contribution in [0.15, 0.2) is 48.8 Å². The predicted octanol–water partition coefficient (Wildman–Crippen LogP) is 2.22. The fourth-order valence-electron chi connectivity index (χ4n) is 2.83. The Hall–Kier alpha value is -2.56. The van der Waals surface area contributed by atoms with Gasteiger partial charge in [0.2, 0.25) is 5.91 Å². The molecule has 1 saturated heterocycles. The Kier molecular flexibility index (Phi) is 4.76. The minimum atomic E-state index is -0.218. The van der Waals surface area contributed by atoms with Crippen molar-refractivity contribution in [3.05, 3.63) is 54.4 Å². The first-order chi connectivity index (χ1) is 11.2. The van der Waals surface area contributed by atoms with E-state index in [9.17, 15) is 9.59 Å². The lowest BCUT2D eigenvalue weighted by Gasteiger charge is -2.26.